The average molecular weight is 420 g/mol. The fourth-order valence-corrected chi connectivity index (χ4v) is 2.54. The Morgan fingerprint density at radius 2 is 1.68 bits per heavy atom. The summed E-state index contributed by atoms with van der Waals surface area (Å²) in [7, 11) is 0. The van der Waals surface area contributed by atoms with Crippen LogP contribution in [0.4, 0.5) is 11.4 Å². The Balaban J connectivity index is 1.94. The number of hydrogen-bond acceptors (Lipinski definition) is 3. The number of amides is 2. The van der Waals surface area contributed by atoms with E-state index < -0.39 is 0 Å². The molecule has 2 amide bonds. The van der Waals surface area contributed by atoms with Crippen molar-refractivity contribution in [3.05, 3.63) is 58.6 Å². The molecule has 2 aromatic carbocycles. The minimum Gasteiger partial charge on any atom is -0.332 e. The number of carbonyl (C=O) groups is 2. The molecule has 0 saturated carbocycles. The Hall–Kier alpha value is -2.25. The van der Waals surface area contributed by atoms with Crippen molar-refractivity contribution in [2.75, 3.05) is 10.6 Å². The Labute approximate surface area is 160 Å². The van der Waals surface area contributed by atoms with Gasteiger partial charge in [-0.2, -0.15) is 0 Å². The van der Waals surface area contributed by atoms with Gasteiger partial charge < -0.3 is 10.6 Å². The summed E-state index contributed by atoms with van der Waals surface area (Å²) in [6.07, 6.45) is 1.26. The number of hydrogen-bond donors (Lipinski definition) is 3. The minimum atomic E-state index is -0.294. The summed E-state index contributed by atoms with van der Waals surface area (Å²) in [5.41, 5.74) is 1.86. The van der Waals surface area contributed by atoms with Crippen molar-refractivity contribution < 1.29 is 9.59 Å². The van der Waals surface area contributed by atoms with Gasteiger partial charge in [0.1, 0.15) is 0 Å². The normalized spacial score (nSPS) is 10.0. The fourth-order valence-electron chi connectivity index (χ4n) is 2.06. The van der Waals surface area contributed by atoms with E-state index in [9.17, 15) is 9.59 Å². The van der Waals surface area contributed by atoms with Crippen LogP contribution in [0, 0.1) is 0 Å². The SMILES string of the molecule is CCCC(=O)Nc1cccc(NC(=S)NC(=O)c2ccc(Br)cc2)c1. The van der Waals surface area contributed by atoms with Crippen LogP contribution in [0.15, 0.2) is 53.0 Å². The van der Waals surface area contributed by atoms with Crippen LogP contribution < -0.4 is 16.0 Å². The molecule has 7 heteroatoms. The number of anilines is 2. The Kier molecular flexibility index (Phi) is 7.09. The molecule has 0 fully saturated rings. The largest absolute Gasteiger partial charge is 0.332 e. The van der Waals surface area contributed by atoms with E-state index in [0.717, 1.165) is 10.9 Å². The lowest BCUT2D eigenvalue weighted by atomic mass is 10.2. The summed E-state index contributed by atoms with van der Waals surface area (Å²) in [4.78, 5) is 23.8. The molecule has 0 aromatic heterocycles. The van der Waals surface area contributed by atoms with Crippen LogP contribution >= 0.6 is 28.1 Å². The van der Waals surface area contributed by atoms with Gasteiger partial charge >= 0.3 is 0 Å². The second-order valence-electron chi connectivity index (χ2n) is 5.29. The number of benzene rings is 2. The summed E-state index contributed by atoms with van der Waals surface area (Å²) in [5, 5.41) is 8.56. The molecular weight excluding hydrogens is 402 g/mol. The highest BCUT2D eigenvalue weighted by Gasteiger charge is 2.08. The second kappa shape index (κ2) is 9.29. The van der Waals surface area contributed by atoms with Gasteiger partial charge in [0.25, 0.3) is 5.91 Å². The van der Waals surface area contributed by atoms with E-state index in [1.165, 1.54) is 0 Å². The van der Waals surface area contributed by atoms with Crippen molar-refractivity contribution >= 4 is 56.4 Å². The molecular formula is C18H18BrN3O2S. The van der Waals surface area contributed by atoms with Crippen LogP contribution in [0.1, 0.15) is 30.1 Å². The monoisotopic (exact) mass is 419 g/mol. The summed E-state index contributed by atoms with van der Waals surface area (Å²) < 4.78 is 0.895. The zero-order valence-corrected chi connectivity index (χ0v) is 16.0. The van der Waals surface area contributed by atoms with Crippen LogP contribution in [0.25, 0.3) is 0 Å². The summed E-state index contributed by atoms with van der Waals surface area (Å²) in [6.45, 7) is 1.95. The van der Waals surface area contributed by atoms with Crippen molar-refractivity contribution in [1.29, 1.82) is 0 Å². The minimum absolute atomic E-state index is 0.0363. The van der Waals surface area contributed by atoms with E-state index in [1.54, 1.807) is 48.5 Å². The average Bonchev–Trinajstić information content (AvgIpc) is 2.55. The van der Waals surface area contributed by atoms with Gasteiger partial charge in [-0.3, -0.25) is 14.9 Å². The molecule has 5 nitrogen and oxygen atoms in total. The molecule has 2 aromatic rings. The van der Waals surface area contributed by atoms with Crippen LogP contribution in [-0.2, 0) is 4.79 Å². The molecule has 2 rings (SSSR count). The quantitative estimate of drug-likeness (QED) is 0.631. The van der Waals surface area contributed by atoms with E-state index in [1.807, 2.05) is 6.92 Å². The van der Waals surface area contributed by atoms with Crippen molar-refractivity contribution in [2.45, 2.75) is 19.8 Å². The van der Waals surface area contributed by atoms with Gasteiger partial charge in [-0.1, -0.05) is 28.9 Å². The van der Waals surface area contributed by atoms with Crippen LogP contribution in [0.3, 0.4) is 0 Å². The number of rotatable bonds is 5. The highest BCUT2D eigenvalue weighted by Crippen LogP contribution is 2.16. The first kappa shape index (κ1) is 19.1. The van der Waals surface area contributed by atoms with E-state index in [4.69, 9.17) is 12.2 Å². The summed E-state index contributed by atoms with van der Waals surface area (Å²) >= 11 is 8.49. The van der Waals surface area contributed by atoms with E-state index in [-0.39, 0.29) is 16.9 Å². The van der Waals surface area contributed by atoms with Gasteiger partial charge in [-0.05, 0) is 61.1 Å². The molecule has 130 valence electrons. The van der Waals surface area contributed by atoms with E-state index in [0.29, 0.717) is 23.4 Å². The molecule has 25 heavy (non-hydrogen) atoms. The molecule has 0 radical (unpaired) electrons. The number of nitrogens with one attached hydrogen (secondary N) is 3. The smallest absolute Gasteiger partial charge is 0.257 e. The van der Waals surface area contributed by atoms with Crippen molar-refractivity contribution in [1.82, 2.24) is 5.32 Å². The first-order chi connectivity index (χ1) is 12.0. The van der Waals surface area contributed by atoms with Gasteiger partial charge in [-0.15, -0.1) is 0 Å². The molecule has 0 aliphatic rings. The number of carbonyl (C=O) groups excluding carboxylic acids is 2. The number of thiocarbonyl (C=S) groups is 1. The van der Waals surface area contributed by atoms with Crippen LogP contribution in [0.5, 0.6) is 0 Å². The first-order valence-corrected chi connectivity index (χ1v) is 8.96. The Bertz CT molecular complexity index is 778. The molecule has 0 bridgehead atoms. The molecule has 0 saturated heterocycles. The predicted molar refractivity (Wildman–Crippen MR) is 108 cm³/mol. The maximum atomic E-state index is 12.1. The Morgan fingerprint density at radius 1 is 1.04 bits per heavy atom. The summed E-state index contributed by atoms with van der Waals surface area (Å²) in [5.74, 6) is -0.330. The molecule has 3 N–H and O–H groups in total. The second-order valence-corrected chi connectivity index (χ2v) is 6.62. The molecule has 0 spiro atoms. The Morgan fingerprint density at radius 3 is 2.32 bits per heavy atom. The number of halogens is 1. The third kappa shape index (κ3) is 6.28. The molecule has 0 aliphatic carbocycles. The van der Waals surface area contributed by atoms with Gasteiger partial charge in [0, 0.05) is 27.8 Å². The highest BCUT2D eigenvalue weighted by molar-refractivity contribution is 9.10. The standard InChI is InChI=1S/C18H18BrN3O2S/c1-2-4-16(23)20-14-5-3-6-15(11-14)21-18(25)22-17(24)12-7-9-13(19)10-8-12/h3,5-11H,2,4H2,1H3,(H,20,23)(H2,21,22,24,25). The topological polar surface area (TPSA) is 70.2 Å². The summed E-state index contributed by atoms with van der Waals surface area (Å²) in [6, 6.07) is 14.1. The first-order valence-electron chi connectivity index (χ1n) is 7.75. The zero-order valence-electron chi connectivity index (χ0n) is 13.6. The molecule has 0 aliphatic heterocycles. The van der Waals surface area contributed by atoms with E-state index in [2.05, 4.69) is 31.9 Å². The van der Waals surface area contributed by atoms with Crippen molar-refractivity contribution in [3.63, 3.8) is 0 Å². The zero-order chi connectivity index (χ0) is 18.2. The van der Waals surface area contributed by atoms with Gasteiger partial charge in [0.15, 0.2) is 5.11 Å². The van der Waals surface area contributed by atoms with Crippen LogP contribution in [-0.4, -0.2) is 16.9 Å². The lowest BCUT2D eigenvalue weighted by Crippen LogP contribution is -2.34. The van der Waals surface area contributed by atoms with Gasteiger partial charge in [0.05, 0.1) is 0 Å². The van der Waals surface area contributed by atoms with Crippen molar-refractivity contribution in [2.24, 2.45) is 0 Å². The van der Waals surface area contributed by atoms with Crippen LogP contribution in [0.2, 0.25) is 0 Å². The highest BCUT2D eigenvalue weighted by atomic mass is 79.9. The van der Waals surface area contributed by atoms with E-state index >= 15 is 0 Å². The fraction of sp³-hybridized carbons (Fsp3) is 0.167. The lowest BCUT2D eigenvalue weighted by molar-refractivity contribution is -0.116. The molecule has 0 atom stereocenters. The predicted octanol–water partition coefficient (Wildman–Crippen LogP) is 4.31. The lowest BCUT2D eigenvalue weighted by Gasteiger charge is -2.11. The molecule has 0 unspecified atom stereocenters. The van der Waals surface area contributed by atoms with Crippen molar-refractivity contribution in [3.8, 4) is 0 Å². The van der Waals surface area contributed by atoms with Gasteiger partial charge in [0.2, 0.25) is 5.91 Å². The third-order valence-corrected chi connectivity index (χ3v) is 3.95. The third-order valence-electron chi connectivity index (χ3n) is 3.21. The maximum absolute atomic E-state index is 12.1. The molecule has 0 heterocycles. The maximum Gasteiger partial charge on any atom is 0.257 e. The van der Waals surface area contributed by atoms with Gasteiger partial charge in [-0.25, -0.2) is 0 Å².